The number of rotatable bonds is 2. The van der Waals surface area contributed by atoms with Gasteiger partial charge in [0.1, 0.15) is 5.82 Å². The molecule has 1 heterocycles. The van der Waals surface area contributed by atoms with Gasteiger partial charge in [-0.2, -0.15) is 5.10 Å². The van der Waals surface area contributed by atoms with Gasteiger partial charge < -0.3 is 0 Å². The van der Waals surface area contributed by atoms with Crippen molar-refractivity contribution in [3.63, 3.8) is 0 Å². The Morgan fingerprint density at radius 2 is 1.79 bits per heavy atom. The van der Waals surface area contributed by atoms with Crippen molar-refractivity contribution in [1.82, 2.24) is 9.78 Å². The van der Waals surface area contributed by atoms with Gasteiger partial charge in [0.25, 0.3) is 0 Å². The second-order valence-corrected chi connectivity index (χ2v) is 4.60. The first-order valence-electron chi connectivity index (χ1n) is 5.79. The highest BCUT2D eigenvalue weighted by Gasteiger charge is 2.04. The SMILES string of the molecule is Fc1cccc(-c2cnn(-c3ccc(Cl)cc3)c2)c1. The molecule has 0 fully saturated rings. The molecule has 0 aliphatic rings. The average Bonchev–Trinajstić information content (AvgIpc) is 2.89. The third kappa shape index (κ3) is 2.51. The van der Waals surface area contributed by atoms with Crippen LogP contribution in [-0.4, -0.2) is 9.78 Å². The predicted molar refractivity (Wildman–Crippen MR) is 74.0 cm³/mol. The number of halogens is 2. The van der Waals surface area contributed by atoms with Crippen molar-refractivity contribution in [3.05, 3.63) is 71.8 Å². The molecular weight excluding hydrogens is 263 g/mol. The van der Waals surface area contributed by atoms with Crippen molar-refractivity contribution >= 4 is 11.6 Å². The molecular formula is C15H10ClFN2. The molecule has 3 aromatic rings. The number of aromatic nitrogens is 2. The summed E-state index contributed by atoms with van der Waals surface area (Å²) in [5.74, 6) is -0.253. The minimum Gasteiger partial charge on any atom is -0.240 e. The van der Waals surface area contributed by atoms with E-state index in [-0.39, 0.29) is 5.82 Å². The Balaban J connectivity index is 1.97. The Hall–Kier alpha value is -2.13. The number of benzene rings is 2. The Kier molecular flexibility index (Phi) is 3.05. The normalized spacial score (nSPS) is 10.6. The zero-order valence-corrected chi connectivity index (χ0v) is 10.7. The van der Waals surface area contributed by atoms with Crippen LogP contribution in [0.2, 0.25) is 5.02 Å². The van der Waals surface area contributed by atoms with Crippen LogP contribution in [0.1, 0.15) is 0 Å². The lowest BCUT2D eigenvalue weighted by Crippen LogP contribution is -1.92. The summed E-state index contributed by atoms with van der Waals surface area (Å²) in [6, 6.07) is 13.8. The summed E-state index contributed by atoms with van der Waals surface area (Å²) in [5.41, 5.74) is 2.58. The highest BCUT2D eigenvalue weighted by molar-refractivity contribution is 6.30. The molecule has 0 atom stereocenters. The highest BCUT2D eigenvalue weighted by Crippen LogP contribution is 2.21. The third-order valence-corrected chi connectivity index (χ3v) is 3.08. The molecule has 0 radical (unpaired) electrons. The minimum atomic E-state index is -0.253. The Labute approximate surface area is 115 Å². The van der Waals surface area contributed by atoms with E-state index in [1.165, 1.54) is 12.1 Å². The fraction of sp³-hybridized carbons (Fsp3) is 0. The van der Waals surface area contributed by atoms with Gasteiger partial charge in [-0.15, -0.1) is 0 Å². The van der Waals surface area contributed by atoms with Crippen LogP contribution in [0, 0.1) is 5.82 Å². The highest BCUT2D eigenvalue weighted by atomic mass is 35.5. The summed E-state index contributed by atoms with van der Waals surface area (Å²) >= 11 is 5.85. The maximum absolute atomic E-state index is 13.2. The second kappa shape index (κ2) is 4.86. The first kappa shape index (κ1) is 11.9. The molecule has 94 valence electrons. The number of nitrogens with zero attached hydrogens (tertiary/aromatic N) is 2. The lowest BCUT2D eigenvalue weighted by atomic mass is 10.1. The second-order valence-electron chi connectivity index (χ2n) is 4.16. The standard InChI is InChI=1S/C15H10ClFN2/c16-13-4-6-15(7-5-13)19-10-12(9-18-19)11-2-1-3-14(17)8-11/h1-10H. The number of hydrogen-bond donors (Lipinski definition) is 0. The van der Waals surface area contributed by atoms with E-state index in [2.05, 4.69) is 5.10 Å². The summed E-state index contributed by atoms with van der Waals surface area (Å²) in [6.45, 7) is 0. The van der Waals surface area contributed by atoms with Crippen LogP contribution in [0.4, 0.5) is 4.39 Å². The van der Waals surface area contributed by atoms with Crippen LogP contribution in [0.3, 0.4) is 0 Å². The van der Waals surface area contributed by atoms with E-state index in [1.807, 2.05) is 24.4 Å². The zero-order chi connectivity index (χ0) is 13.2. The van der Waals surface area contributed by atoms with E-state index in [4.69, 9.17) is 11.6 Å². The molecule has 2 aromatic carbocycles. The summed E-state index contributed by atoms with van der Waals surface area (Å²) in [5, 5.41) is 4.96. The van der Waals surface area contributed by atoms with Gasteiger partial charge >= 0.3 is 0 Å². The van der Waals surface area contributed by atoms with Gasteiger partial charge in [0.15, 0.2) is 0 Å². The molecule has 0 aliphatic heterocycles. The van der Waals surface area contributed by atoms with Gasteiger partial charge in [0.2, 0.25) is 0 Å². The van der Waals surface area contributed by atoms with Crippen molar-refractivity contribution in [2.24, 2.45) is 0 Å². The molecule has 0 bridgehead atoms. The molecule has 19 heavy (non-hydrogen) atoms. The Morgan fingerprint density at radius 1 is 1.00 bits per heavy atom. The lowest BCUT2D eigenvalue weighted by molar-refractivity contribution is 0.628. The quantitative estimate of drug-likeness (QED) is 0.679. The fourth-order valence-corrected chi connectivity index (χ4v) is 2.00. The molecule has 0 unspecified atom stereocenters. The summed E-state index contributed by atoms with van der Waals surface area (Å²) < 4.78 is 14.9. The molecule has 0 saturated carbocycles. The summed E-state index contributed by atoms with van der Waals surface area (Å²) in [7, 11) is 0. The van der Waals surface area contributed by atoms with Crippen LogP contribution in [0.25, 0.3) is 16.8 Å². The largest absolute Gasteiger partial charge is 0.240 e. The van der Waals surface area contributed by atoms with E-state index in [0.29, 0.717) is 5.02 Å². The molecule has 1 aromatic heterocycles. The summed E-state index contributed by atoms with van der Waals surface area (Å²) in [6.07, 6.45) is 3.57. The topological polar surface area (TPSA) is 17.8 Å². The predicted octanol–water partition coefficient (Wildman–Crippen LogP) is 4.33. The van der Waals surface area contributed by atoms with Gasteiger partial charge in [0, 0.05) is 16.8 Å². The first-order valence-corrected chi connectivity index (χ1v) is 6.17. The molecule has 0 spiro atoms. The van der Waals surface area contributed by atoms with Crippen molar-refractivity contribution in [1.29, 1.82) is 0 Å². The van der Waals surface area contributed by atoms with E-state index >= 15 is 0 Å². The number of hydrogen-bond acceptors (Lipinski definition) is 1. The van der Waals surface area contributed by atoms with Crippen LogP contribution in [-0.2, 0) is 0 Å². The molecule has 0 amide bonds. The van der Waals surface area contributed by atoms with Crippen LogP contribution >= 0.6 is 11.6 Å². The van der Waals surface area contributed by atoms with Crippen molar-refractivity contribution < 1.29 is 4.39 Å². The van der Waals surface area contributed by atoms with Gasteiger partial charge in [-0.25, -0.2) is 9.07 Å². The van der Waals surface area contributed by atoms with Crippen LogP contribution in [0.5, 0.6) is 0 Å². The molecule has 2 nitrogen and oxygen atoms in total. The van der Waals surface area contributed by atoms with Crippen LogP contribution < -0.4 is 0 Å². The van der Waals surface area contributed by atoms with E-state index in [0.717, 1.165) is 16.8 Å². The van der Waals surface area contributed by atoms with Gasteiger partial charge in [0.05, 0.1) is 11.9 Å². The zero-order valence-electron chi connectivity index (χ0n) is 9.92. The maximum atomic E-state index is 13.2. The maximum Gasteiger partial charge on any atom is 0.123 e. The van der Waals surface area contributed by atoms with Gasteiger partial charge in [-0.1, -0.05) is 23.7 Å². The minimum absolute atomic E-state index is 0.253. The lowest BCUT2D eigenvalue weighted by Gasteiger charge is -2.00. The van der Waals surface area contributed by atoms with Crippen molar-refractivity contribution in [2.45, 2.75) is 0 Å². The molecule has 0 saturated heterocycles. The van der Waals surface area contributed by atoms with Crippen LogP contribution in [0.15, 0.2) is 60.9 Å². The first-order chi connectivity index (χ1) is 9.22. The fourth-order valence-electron chi connectivity index (χ4n) is 1.87. The van der Waals surface area contributed by atoms with Crippen molar-refractivity contribution in [2.75, 3.05) is 0 Å². The monoisotopic (exact) mass is 272 g/mol. The van der Waals surface area contributed by atoms with Crippen molar-refractivity contribution in [3.8, 4) is 16.8 Å². The molecule has 0 aliphatic carbocycles. The van der Waals surface area contributed by atoms with Gasteiger partial charge in [-0.3, -0.25) is 0 Å². The average molecular weight is 273 g/mol. The van der Waals surface area contributed by atoms with E-state index < -0.39 is 0 Å². The van der Waals surface area contributed by atoms with E-state index in [9.17, 15) is 4.39 Å². The summed E-state index contributed by atoms with van der Waals surface area (Å²) in [4.78, 5) is 0. The third-order valence-electron chi connectivity index (χ3n) is 2.83. The molecule has 3 rings (SSSR count). The molecule has 4 heteroatoms. The Morgan fingerprint density at radius 3 is 2.53 bits per heavy atom. The smallest absolute Gasteiger partial charge is 0.123 e. The Bertz CT molecular complexity index is 704. The van der Waals surface area contributed by atoms with Gasteiger partial charge in [-0.05, 0) is 42.0 Å². The molecule has 0 N–H and O–H groups in total. The van der Waals surface area contributed by atoms with E-state index in [1.54, 1.807) is 29.1 Å².